The quantitative estimate of drug-likeness (QED) is 0.374. The molecule has 9 heteroatoms. The van der Waals surface area contributed by atoms with Gasteiger partial charge >= 0.3 is 6.03 Å². The van der Waals surface area contributed by atoms with Crippen LogP contribution in [0.4, 0.5) is 16.2 Å². The molecule has 3 aromatic carbocycles. The molecule has 1 fully saturated rings. The number of nitro groups is 1. The van der Waals surface area contributed by atoms with Gasteiger partial charge < -0.3 is 10.6 Å². The number of urea groups is 1. The van der Waals surface area contributed by atoms with Crippen molar-refractivity contribution in [2.24, 2.45) is 0 Å². The predicted molar refractivity (Wildman–Crippen MR) is 113 cm³/mol. The molecular weight excluding hydrogens is 400 g/mol. The summed E-state index contributed by atoms with van der Waals surface area (Å²) in [6.45, 7) is 0.966. The summed E-state index contributed by atoms with van der Waals surface area (Å²) in [6.07, 6.45) is 0. The van der Waals surface area contributed by atoms with E-state index in [9.17, 15) is 24.5 Å². The topological polar surface area (TPSA) is 122 Å². The molecular formula is C22H18N4O5. The fourth-order valence-electron chi connectivity index (χ4n) is 3.63. The van der Waals surface area contributed by atoms with Crippen molar-refractivity contribution in [1.82, 2.24) is 10.2 Å². The Kier molecular flexibility index (Phi) is 4.86. The first kappa shape index (κ1) is 20.0. The van der Waals surface area contributed by atoms with Crippen molar-refractivity contribution in [3.8, 4) is 0 Å². The van der Waals surface area contributed by atoms with Gasteiger partial charge in [0.1, 0.15) is 12.1 Å². The number of hydrogen-bond acceptors (Lipinski definition) is 5. The molecule has 1 aliphatic rings. The monoisotopic (exact) mass is 418 g/mol. The SMILES string of the molecule is CC1(c2cccc([N+](=O)[O-])c2)NC(=O)N(CC(=O)Nc2cccc3ccccc23)C1=O. The van der Waals surface area contributed by atoms with Crippen LogP contribution in [0.5, 0.6) is 0 Å². The number of fused-ring (bicyclic) bond motifs is 1. The Labute approximate surface area is 176 Å². The van der Waals surface area contributed by atoms with Gasteiger partial charge in [-0.1, -0.05) is 48.5 Å². The molecule has 1 aliphatic heterocycles. The second kappa shape index (κ2) is 7.52. The summed E-state index contributed by atoms with van der Waals surface area (Å²) in [5.74, 6) is -1.20. The fraction of sp³-hybridized carbons (Fsp3) is 0.136. The van der Waals surface area contributed by atoms with Crippen LogP contribution in [-0.2, 0) is 15.1 Å². The number of imide groups is 1. The summed E-state index contributed by atoms with van der Waals surface area (Å²) in [4.78, 5) is 49.4. The first-order chi connectivity index (χ1) is 14.8. The molecule has 0 bridgehead atoms. The summed E-state index contributed by atoms with van der Waals surface area (Å²) in [5.41, 5.74) is -0.885. The standard InChI is InChI=1S/C22H18N4O5/c1-22(15-8-5-9-16(12-15)26(30)31)20(28)25(21(29)24-22)13-19(27)23-18-11-4-7-14-6-2-3-10-17(14)18/h2-12H,13H2,1H3,(H,23,27)(H,24,29). The molecule has 1 heterocycles. The van der Waals surface area contributed by atoms with Crippen molar-refractivity contribution in [2.75, 3.05) is 11.9 Å². The lowest BCUT2D eigenvalue weighted by molar-refractivity contribution is -0.385. The van der Waals surface area contributed by atoms with Gasteiger partial charge in [-0.2, -0.15) is 0 Å². The molecule has 31 heavy (non-hydrogen) atoms. The minimum Gasteiger partial charge on any atom is -0.324 e. The number of nitrogens with one attached hydrogen (secondary N) is 2. The van der Waals surface area contributed by atoms with E-state index in [0.717, 1.165) is 15.7 Å². The largest absolute Gasteiger partial charge is 0.325 e. The highest BCUT2D eigenvalue weighted by Crippen LogP contribution is 2.31. The van der Waals surface area contributed by atoms with E-state index in [0.29, 0.717) is 5.69 Å². The Morgan fingerprint density at radius 1 is 1.10 bits per heavy atom. The maximum absolute atomic E-state index is 13.0. The normalized spacial score (nSPS) is 18.2. The van der Waals surface area contributed by atoms with Gasteiger partial charge in [-0.25, -0.2) is 4.79 Å². The predicted octanol–water partition coefficient (Wildman–Crippen LogP) is 3.15. The van der Waals surface area contributed by atoms with Crippen LogP contribution in [-0.4, -0.2) is 34.2 Å². The molecule has 3 aromatic rings. The third kappa shape index (κ3) is 3.57. The van der Waals surface area contributed by atoms with Gasteiger partial charge in [-0.05, 0) is 23.9 Å². The number of carbonyl (C=O) groups excluding carboxylic acids is 3. The zero-order valence-corrected chi connectivity index (χ0v) is 16.5. The summed E-state index contributed by atoms with van der Waals surface area (Å²) in [7, 11) is 0. The summed E-state index contributed by atoms with van der Waals surface area (Å²) < 4.78 is 0. The molecule has 0 aromatic heterocycles. The molecule has 0 saturated carbocycles. The van der Waals surface area contributed by atoms with E-state index in [1.807, 2.05) is 30.3 Å². The van der Waals surface area contributed by atoms with Crippen LogP contribution in [0.25, 0.3) is 10.8 Å². The molecule has 1 saturated heterocycles. The number of amides is 4. The molecule has 2 N–H and O–H groups in total. The molecule has 0 aliphatic carbocycles. The summed E-state index contributed by atoms with van der Waals surface area (Å²) in [5, 5.41) is 18.1. The van der Waals surface area contributed by atoms with E-state index < -0.39 is 34.9 Å². The third-order valence-electron chi connectivity index (χ3n) is 5.27. The molecule has 4 rings (SSSR count). The molecule has 1 atom stereocenters. The second-order valence-electron chi connectivity index (χ2n) is 7.33. The van der Waals surface area contributed by atoms with Crippen molar-refractivity contribution in [2.45, 2.75) is 12.5 Å². The average Bonchev–Trinajstić information content (AvgIpc) is 2.98. The number of hydrogen-bond donors (Lipinski definition) is 2. The fourth-order valence-corrected chi connectivity index (χ4v) is 3.63. The zero-order valence-electron chi connectivity index (χ0n) is 16.5. The summed E-state index contributed by atoms with van der Waals surface area (Å²) in [6, 6.07) is 17.7. The number of rotatable bonds is 5. The van der Waals surface area contributed by atoms with Crippen molar-refractivity contribution in [3.05, 3.63) is 82.4 Å². The summed E-state index contributed by atoms with van der Waals surface area (Å²) >= 11 is 0. The first-order valence-electron chi connectivity index (χ1n) is 9.46. The number of anilines is 1. The number of nitro benzene ring substituents is 1. The van der Waals surface area contributed by atoms with Gasteiger partial charge in [-0.15, -0.1) is 0 Å². The Morgan fingerprint density at radius 3 is 2.58 bits per heavy atom. The van der Waals surface area contributed by atoms with Gasteiger partial charge in [0.25, 0.3) is 11.6 Å². The number of nitrogens with zero attached hydrogens (tertiary/aromatic N) is 2. The molecule has 156 valence electrons. The van der Waals surface area contributed by atoms with Crippen molar-refractivity contribution in [1.29, 1.82) is 0 Å². The van der Waals surface area contributed by atoms with Crippen LogP contribution in [0.3, 0.4) is 0 Å². The second-order valence-corrected chi connectivity index (χ2v) is 7.33. The van der Waals surface area contributed by atoms with E-state index in [1.54, 1.807) is 12.1 Å². The Balaban J connectivity index is 1.55. The van der Waals surface area contributed by atoms with Crippen molar-refractivity contribution < 1.29 is 19.3 Å². The van der Waals surface area contributed by atoms with Crippen LogP contribution >= 0.6 is 0 Å². The Morgan fingerprint density at radius 2 is 1.81 bits per heavy atom. The van der Waals surface area contributed by atoms with Crippen molar-refractivity contribution >= 4 is 40.0 Å². The van der Waals surface area contributed by atoms with E-state index in [2.05, 4.69) is 10.6 Å². The maximum Gasteiger partial charge on any atom is 0.325 e. The van der Waals surface area contributed by atoms with E-state index >= 15 is 0 Å². The van der Waals surface area contributed by atoms with Crippen LogP contribution in [0.15, 0.2) is 66.7 Å². The lowest BCUT2D eigenvalue weighted by Gasteiger charge is -2.22. The minimum atomic E-state index is -1.51. The Hall–Kier alpha value is -4.27. The molecule has 0 spiro atoms. The molecule has 0 radical (unpaired) electrons. The van der Waals surface area contributed by atoms with Gasteiger partial charge in [0.05, 0.1) is 4.92 Å². The van der Waals surface area contributed by atoms with E-state index in [1.165, 1.54) is 31.2 Å². The van der Waals surface area contributed by atoms with Crippen molar-refractivity contribution in [3.63, 3.8) is 0 Å². The average molecular weight is 418 g/mol. The highest BCUT2D eigenvalue weighted by Gasteiger charge is 2.49. The smallest absolute Gasteiger partial charge is 0.324 e. The maximum atomic E-state index is 13.0. The van der Waals surface area contributed by atoms with Gasteiger partial charge in [0.2, 0.25) is 5.91 Å². The minimum absolute atomic E-state index is 0.201. The molecule has 4 amide bonds. The highest BCUT2D eigenvalue weighted by molar-refractivity contribution is 6.11. The van der Waals surface area contributed by atoms with Crippen LogP contribution < -0.4 is 10.6 Å². The first-order valence-corrected chi connectivity index (χ1v) is 9.46. The number of carbonyl (C=O) groups is 3. The van der Waals surface area contributed by atoms with Crippen LogP contribution in [0.2, 0.25) is 0 Å². The zero-order chi connectivity index (χ0) is 22.2. The van der Waals surface area contributed by atoms with Gasteiger partial charge in [0, 0.05) is 23.2 Å². The van der Waals surface area contributed by atoms with E-state index in [-0.39, 0.29) is 11.3 Å². The van der Waals surface area contributed by atoms with Crippen LogP contribution in [0.1, 0.15) is 12.5 Å². The number of benzene rings is 3. The molecule has 1 unspecified atom stereocenters. The highest BCUT2D eigenvalue weighted by atomic mass is 16.6. The lowest BCUT2D eigenvalue weighted by Crippen LogP contribution is -2.42. The Bertz CT molecular complexity index is 1240. The molecule has 9 nitrogen and oxygen atoms in total. The third-order valence-corrected chi connectivity index (χ3v) is 5.27. The van der Waals surface area contributed by atoms with E-state index in [4.69, 9.17) is 0 Å². The van der Waals surface area contributed by atoms with Gasteiger partial charge in [0.15, 0.2) is 0 Å². The lowest BCUT2D eigenvalue weighted by atomic mass is 9.91. The number of non-ortho nitro benzene ring substituents is 1. The van der Waals surface area contributed by atoms with Gasteiger partial charge in [-0.3, -0.25) is 24.6 Å². The van der Waals surface area contributed by atoms with Crippen LogP contribution in [0, 0.1) is 10.1 Å².